The van der Waals surface area contributed by atoms with Crippen molar-refractivity contribution in [2.45, 2.75) is 32.2 Å². The summed E-state index contributed by atoms with van der Waals surface area (Å²) >= 11 is 1.17. The molecule has 2 heterocycles. The highest BCUT2D eigenvalue weighted by Crippen LogP contribution is 2.21. The lowest BCUT2D eigenvalue weighted by atomic mass is 10.0. The minimum absolute atomic E-state index is 0.00832. The zero-order valence-electron chi connectivity index (χ0n) is 14.4. The Labute approximate surface area is 147 Å². The van der Waals surface area contributed by atoms with Crippen molar-refractivity contribution in [3.63, 3.8) is 0 Å². The van der Waals surface area contributed by atoms with Crippen LogP contribution < -0.4 is 5.32 Å². The quantitative estimate of drug-likeness (QED) is 0.870. The second-order valence-electron chi connectivity index (χ2n) is 6.47. The van der Waals surface area contributed by atoms with Crippen molar-refractivity contribution in [3.8, 4) is 0 Å². The zero-order valence-corrected chi connectivity index (χ0v) is 15.2. The van der Waals surface area contributed by atoms with Gasteiger partial charge in [0, 0.05) is 6.04 Å². The lowest BCUT2D eigenvalue weighted by molar-refractivity contribution is -0.117. The molecule has 2 aromatic rings. The zero-order chi connectivity index (χ0) is 16.9. The third-order valence-electron chi connectivity index (χ3n) is 4.67. The molecule has 7 heteroatoms. The fourth-order valence-corrected chi connectivity index (χ4v) is 3.90. The van der Waals surface area contributed by atoms with Gasteiger partial charge in [0.2, 0.25) is 5.91 Å². The van der Waals surface area contributed by atoms with Gasteiger partial charge in [-0.25, -0.2) is 0 Å². The summed E-state index contributed by atoms with van der Waals surface area (Å²) in [6.45, 7) is 6.08. The van der Waals surface area contributed by atoms with Gasteiger partial charge in [0.25, 0.3) is 0 Å². The van der Waals surface area contributed by atoms with Gasteiger partial charge in [-0.2, -0.15) is 8.75 Å². The second-order valence-corrected chi connectivity index (χ2v) is 7.00. The van der Waals surface area contributed by atoms with Crippen LogP contribution in [0.25, 0.3) is 11.0 Å². The van der Waals surface area contributed by atoms with Gasteiger partial charge >= 0.3 is 0 Å². The number of hydrogen-bond donors (Lipinski definition) is 1. The van der Waals surface area contributed by atoms with E-state index in [1.54, 1.807) is 0 Å². The first-order valence-corrected chi connectivity index (χ1v) is 9.34. The number of likely N-dealkylation sites (tertiary alicyclic amines) is 1. The molecule has 130 valence electrons. The number of likely N-dealkylation sites (N-methyl/N-ethyl adjacent to an activating group) is 1. The summed E-state index contributed by atoms with van der Waals surface area (Å²) in [5.74, 6) is 0.00832. The maximum atomic E-state index is 12.4. The van der Waals surface area contributed by atoms with Crippen molar-refractivity contribution < 1.29 is 4.79 Å². The van der Waals surface area contributed by atoms with E-state index in [4.69, 9.17) is 0 Å². The Hall–Kier alpha value is -1.57. The predicted octanol–water partition coefficient (Wildman–Crippen LogP) is 2.44. The highest BCUT2D eigenvalue weighted by molar-refractivity contribution is 7.00. The van der Waals surface area contributed by atoms with Crippen molar-refractivity contribution in [1.82, 2.24) is 18.5 Å². The van der Waals surface area contributed by atoms with Crippen LogP contribution in [0.1, 0.15) is 26.2 Å². The smallest absolute Gasteiger partial charge is 0.238 e. The molecule has 1 aromatic carbocycles. The van der Waals surface area contributed by atoms with Crippen molar-refractivity contribution in [1.29, 1.82) is 0 Å². The number of rotatable bonds is 6. The molecule has 1 amide bonds. The van der Waals surface area contributed by atoms with Crippen LogP contribution in [0.15, 0.2) is 18.2 Å². The molecule has 0 spiro atoms. The van der Waals surface area contributed by atoms with Crippen LogP contribution in [0.4, 0.5) is 5.69 Å². The van der Waals surface area contributed by atoms with Gasteiger partial charge in [0.1, 0.15) is 11.0 Å². The number of fused-ring (bicyclic) bond motifs is 1. The SMILES string of the molecule is CCCN1CCC(N(C)CC(=O)Nc2cccc3nsnc23)CC1. The van der Waals surface area contributed by atoms with E-state index < -0.39 is 0 Å². The molecule has 1 aromatic heterocycles. The van der Waals surface area contributed by atoms with Crippen molar-refractivity contribution in [2.24, 2.45) is 0 Å². The summed E-state index contributed by atoms with van der Waals surface area (Å²) in [6.07, 6.45) is 3.48. The van der Waals surface area contributed by atoms with Gasteiger partial charge in [-0.1, -0.05) is 13.0 Å². The van der Waals surface area contributed by atoms with E-state index in [1.165, 1.54) is 24.7 Å². The molecule has 1 aliphatic rings. The number of amides is 1. The fraction of sp³-hybridized carbons (Fsp3) is 0.588. The highest BCUT2D eigenvalue weighted by Gasteiger charge is 2.23. The normalized spacial score (nSPS) is 16.8. The molecule has 24 heavy (non-hydrogen) atoms. The lowest BCUT2D eigenvalue weighted by Gasteiger charge is -2.36. The number of nitrogens with zero attached hydrogens (tertiary/aromatic N) is 4. The molecule has 0 atom stereocenters. The van der Waals surface area contributed by atoms with E-state index in [-0.39, 0.29) is 5.91 Å². The van der Waals surface area contributed by atoms with Gasteiger partial charge in [-0.15, -0.1) is 0 Å². The molecule has 3 rings (SSSR count). The Morgan fingerprint density at radius 3 is 2.92 bits per heavy atom. The van der Waals surface area contributed by atoms with Crippen molar-refractivity contribution >= 4 is 34.4 Å². The fourth-order valence-electron chi connectivity index (χ4n) is 3.35. The number of hydrogen-bond acceptors (Lipinski definition) is 6. The summed E-state index contributed by atoms with van der Waals surface area (Å²) in [7, 11) is 2.05. The predicted molar refractivity (Wildman–Crippen MR) is 98.4 cm³/mol. The van der Waals surface area contributed by atoms with E-state index in [0.29, 0.717) is 12.6 Å². The molecule has 1 saturated heterocycles. The molecule has 1 fully saturated rings. The average Bonchev–Trinajstić information content (AvgIpc) is 3.05. The number of carbonyl (C=O) groups excluding carboxylic acids is 1. The van der Waals surface area contributed by atoms with Gasteiger partial charge in [0.15, 0.2) is 0 Å². The minimum atomic E-state index is 0.00832. The van der Waals surface area contributed by atoms with Crippen LogP contribution in [-0.4, -0.2) is 63.7 Å². The summed E-state index contributed by atoms with van der Waals surface area (Å²) < 4.78 is 8.47. The summed E-state index contributed by atoms with van der Waals surface area (Å²) in [5, 5.41) is 2.98. The van der Waals surface area contributed by atoms with Crippen molar-refractivity contribution in [3.05, 3.63) is 18.2 Å². The van der Waals surface area contributed by atoms with Crippen LogP contribution in [0.2, 0.25) is 0 Å². The third-order valence-corrected chi connectivity index (χ3v) is 5.22. The van der Waals surface area contributed by atoms with Crippen LogP contribution >= 0.6 is 11.7 Å². The molecule has 0 unspecified atom stereocenters. The highest BCUT2D eigenvalue weighted by atomic mass is 32.1. The monoisotopic (exact) mass is 347 g/mol. The van der Waals surface area contributed by atoms with Crippen LogP contribution in [-0.2, 0) is 4.79 Å². The number of nitrogens with one attached hydrogen (secondary N) is 1. The molecule has 0 aliphatic carbocycles. The second kappa shape index (κ2) is 8.00. The molecule has 0 radical (unpaired) electrons. The Bertz CT molecular complexity index is 680. The van der Waals surface area contributed by atoms with E-state index in [2.05, 4.69) is 30.8 Å². The summed E-state index contributed by atoms with van der Waals surface area (Å²) in [6, 6.07) is 6.17. The molecule has 6 nitrogen and oxygen atoms in total. The number of piperidine rings is 1. The Kier molecular flexibility index (Phi) is 5.76. The summed E-state index contributed by atoms with van der Waals surface area (Å²) in [4.78, 5) is 17.1. The van der Waals surface area contributed by atoms with E-state index >= 15 is 0 Å². The standard InChI is InChI=1S/C17H25N5OS/c1-3-9-22-10-7-13(8-11-22)21(2)12-16(23)18-14-5-4-6-15-17(14)20-24-19-15/h4-6,13H,3,7-12H2,1-2H3,(H,18,23). The third kappa shape index (κ3) is 4.09. The first-order chi connectivity index (χ1) is 11.7. The van der Waals surface area contributed by atoms with Crippen LogP contribution in [0.3, 0.4) is 0 Å². The van der Waals surface area contributed by atoms with Gasteiger partial charge in [0.05, 0.1) is 24.0 Å². The van der Waals surface area contributed by atoms with E-state index in [9.17, 15) is 4.79 Å². The van der Waals surface area contributed by atoms with Crippen LogP contribution in [0.5, 0.6) is 0 Å². The van der Waals surface area contributed by atoms with Crippen LogP contribution in [0, 0.1) is 0 Å². The van der Waals surface area contributed by atoms with Gasteiger partial charge < -0.3 is 10.2 Å². The van der Waals surface area contributed by atoms with Gasteiger partial charge in [-0.05, 0) is 58.1 Å². The summed E-state index contributed by atoms with van der Waals surface area (Å²) in [5.41, 5.74) is 2.35. The van der Waals surface area contributed by atoms with E-state index in [0.717, 1.165) is 42.7 Å². The minimum Gasteiger partial charge on any atom is -0.323 e. The lowest BCUT2D eigenvalue weighted by Crippen LogP contribution is -2.45. The molecule has 1 N–H and O–H groups in total. The number of aromatic nitrogens is 2. The Morgan fingerprint density at radius 2 is 2.17 bits per heavy atom. The number of anilines is 1. The van der Waals surface area contributed by atoms with Gasteiger partial charge in [-0.3, -0.25) is 9.69 Å². The Morgan fingerprint density at radius 1 is 1.38 bits per heavy atom. The molecule has 1 aliphatic heterocycles. The molecule has 0 saturated carbocycles. The maximum absolute atomic E-state index is 12.4. The molecule has 0 bridgehead atoms. The topological polar surface area (TPSA) is 61.4 Å². The number of carbonyl (C=O) groups is 1. The molecular weight excluding hydrogens is 322 g/mol. The average molecular weight is 347 g/mol. The number of benzene rings is 1. The first kappa shape index (κ1) is 17.3. The molecular formula is C17H25N5OS. The maximum Gasteiger partial charge on any atom is 0.238 e. The van der Waals surface area contributed by atoms with Crippen molar-refractivity contribution in [2.75, 3.05) is 38.5 Å². The first-order valence-electron chi connectivity index (χ1n) is 8.61. The van der Waals surface area contributed by atoms with E-state index in [1.807, 2.05) is 25.2 Å². The largest absolute Gasteiger partial charge is 0.323 e. The Balaban J connectivity index is 1.52.